The summed E-state index contributed by atoms with van der Waals surface area (Å²) in [5, 5.41) is 8.08. The lowest BCUT2D eigenvalue weighted by Gasteiger charge is -1.99. The first kappa shape index (κ1) is 7.94. The standard InChI is InChI=1S/C5H8NO3/c1-3(5(6)9)2-4(7)8/h3H,1-2H2,(H2,6,9)(H,7,8). The van der Waals surface area contributed by atoms with E-state index in [2.05, 4.69) is 6.92 Å². The van der Waals surface area contributed by atoms with Crippen LogP contribution in [0.25, 0.3) is 0 Å². The van der Waals surface area contributed by atoms with Gasteiger partial charge in [0.1, 0.15) is 0 Å². The van der Waals surface area contributed by atoms with Crippen LogP contribution in [0.1, 0.15) is 6.42 Å². The van der Waals surface area contributed by atoms with Gasteiger partial charge in [0, 0.05) is 5.92 Å². The first-order valence-electron chi connectivity index (χ1n) is 2.38. The maximum absolute atomic E-state index is 10.1. The van der Waals surface area contributed by atoms with E-state index in [1.807, 2.05) is 0 Å². The summed E-state index contributed by atoms with van der Waals surface area (Å²) in [6.45, 7) is 3.22. The van der Waals surface area contributed by atoms with E-state index in [9.17, 15) is 9.59 Å². The highest BCUT2D eigenvalue weighted by Gasteiger charge is 2.11. The minimum Gasteiger partial charge on any atom is -0.481 e. The summed E-state index contributed by atoms with van der Waals surface area (Å²) < 4.78 is 0. The molecule has 0 aromatic heterocycles. The summed E-state index contributed by atoms with van der Waals surface area (Å²) in [6.07, 6.45) is -0.296. The lowest BCUT2D eigenvalue weighted by molar-refractivity contribution is -0.139. The van der Waals surface area contributed by atoms with Crippen molar-refractivity contribution in [3.05, 3.63) is 6.92 Å². The van der Waals surface area contributed by atoms with Crippen molar-refractivity contribution in [2.24, 2.45) is 11.7 Å². The Balaban J connectivity index is 3.63. The fourth-order valence-corrected chi connectivity index (χ4v) is 0.311. The molecule has 0 saturated carbocycles. The summed E-state index contributed by atoms with van der Waals surface area (Å²) in [5.74, 6) is -2.56. The molecule has 1 unspecified atom stereocenters. The van der Waals surface area contributed by atoms with Crippen molar-refractivity contribution in [2.75, 3.05) is 0 Å². The number of carbonyl (C=O) groups excluding carboxylic acids is 1. The van der Waals surface area contributed by atoms with E-state index in [1.54, 1.807) is 0 Å². The molecule has 51 valence electrons. The first-order valence-corrected chi connectivity index (χ1v) is 2.38. The molecule has 0 aliphatic rings. The Morgan fingerprint density at radius 1 is 1.67 bits per heavy atom. The van der Waals surface area contributed by atoms with E-state index in [0.29, 0.717) is 0 Å². The van der Waals surface area contributed by atoms with Gasteiger partial charge in [-0.05, 0) is 6.92 Å². The topological polar surface area (TPSA) is 80.4 Å². The monoisotopic (exact) mass is 130 g/mol. The Bertz CT molecular complexity index is 132. The zero-order valence-corrected chi connectivity index (χ0v) is 4.83. The van der Waals surface area contributed by atoms with Crippen molar-refractivity contribution < 1.29 is 14.7 Å². The van der Waals surface area contributed by atoms with Crippen molar-refractivity contribution in [1.82, 2.24) is 0 Å². The van der Waals surface area contributed by atoms with Crippen LogP contribution in [0, 0.1) is 12.8 Å². The highest BCUT2D eigenvalue weighted by atomic mass is 16.4. The maximum Gasteiger partial charge on any atom is 0.304 e. The summed E-state index contributed by atoms with van der Waals surface area (Å²) in [4.78, 5) is 20.0. The van der Waals surface area contributed by atoms with Gasteiger partial charge >= 0.3 is 5.97 Å². The van der Waals surface area contributed by atoms with Crippen LogP contribution in [0.3, 0.4) is 0 Å². The molecule has 0 bridgehead atoms. The van der Waals surface area contributed by atoms with Crippen LogP contribution in [0.2, 0.25) is 0 Å². The average Bonchev–Trinajstić information content (AvgIpc) is 1.63. The fraction of sp³-hybridized carbons (Fsp3) is 0.400. The molecular formula is C5H8NO3. The molecule has 4 heteroatoms. The third-order valence-corrected chi connectivity index (χ3v) is 0.823. The number of carbonyl (C=O) groups is 2. The molecule has 1 amide bonds. The van der Waals surface area contributed by atoms with Crippen LogP contribution in [0.4, 0.5) is 0 Å². The van der Waals surface area contributed by atoms with Crippen LogP contribution < -0.4 is 5.73 Å². The third-order valence-electron chi connectivity index (χ3n) is 0.823. The Morgan fingerprint density at radius 2 is 2.11 bits per heavy atom. The van der Waals surface area contributed by atoms with Crippen molar-refractivity contribution in [1.29, 1.82) is 0 Å². The number of amides is 1. The number of hydrogen-bond donors (Lipinski definition) is 2. The molecule has 0 spiro atoms. The lowest BCUT2D eigenvalue weighted by atomic mass is 10.1. The van der Waals surface area contributed by atoms with Crippen LogP contribution in [-0.2, 0) is 9.59 Å². The molecule has 0 aromatic carbocycles. The largest absolute Gasteiger partial charge is 0.481 e. The molecule has 3 N–H and O–H groups in total. The smallest absolute Gasteiger partial charge is 0.304 e. The van der Waals surface area contributed by atoms with Gasteiger partial charge in [0.15, 0.2) is 0 Å². The zero-order chi connectivity index (χ0) is 7.44. The molecule has 1 atom stereocenters. The Kier molecular flexibility index (Phi) is 2.70. The molecule has 0 saturated heterocycles. The van der Waals surface area contributed by atoms with Gasteiger partial charge in [0.05, 0.1) is 6.42 Å². The summed E-state index contributed by atoms with van der Waals surface area (Å²) in [5.41, 5.74) is 4.72. The minimum atomic E-state index is -1.06. The third kappa shape index (κ3) is 3.52. The molecule has 1 radical (unpaired) electrons. The van der Waals surface area contributed by atoms with Crippen molar-refractivity contribution >= 4 is 11.9 Å². The zero-order valence-electron chi connectivity index (χ0n) is 4.83. The normalized spacial score (nSPS) is 12.6. The number of aliphatic carboxylic acids is 1. The van der Waals surface area contributed by atoms with Gasteiger partial charge in [-0.15, -0.1) is 0 Å². The van der Waals surface area contributed by atoms with Crippen molar-refractivity contribution in [3.8, 4) is 0 Å². The Morgan fingerprint density at radius 3 is 2.22 bits per heavy atom. The summed E-state index contributed by atoms with van der Waals surface area (Å²) in [6, 6.07) is 0. The minimum absolute atomic E-state index is 0.296. The molecule has 0 aromatic rings. The van der Waals surface area contributed by atoms with E-state index in [4.69, 9.17) is 10.8 Å². The lowest BCUT2D eigenvalue weighted by Crippen LogP contribution is -2.22. The fourth-order valence-electron chi connectivity index (χ4n) is 0.311. The second-order valence-corrected chi connectivity index (χ2v) is 1.70. The predicted molar refractivity (Wildman–Crippen MR) is 30.3 cm³/mol. The number of carboxylic acid groups (broad SMARTS) is 1. The molecule has 0 aliphatic heterocycles. The number of hydrogen-bond acceptors (Lipinski definition) is 2. The number of nitrogens with two attached hydrogens (primary N) is 1. The molecule has 0 aliphatic carbocycles. The van der Waals surface area contributed by atoms with Gasteiger partial charge in [0.2, 0.25) is 5.91 Å². The highest BCUT2D eigenvalue weighted by Crippen LogP contribution is 1.97. The maximum atomic E-state index is 10.1. The summed E-state index contributed by atoms with van der Waals surface area (Å²) in [7, 11) is 0. The van der Waals surface area contributed by atoms with E-state index in [0.717, 1.165) is 0 Å². The van der Waals surface area contributed by atoms with Crippen LogP contribution in [0.5, 0.6) is 0 Å². The van der Waals surface area contributed by atoms with Gasteiger partial charge in [-0.2, -0.15) is 0 Å². The second kappa shape index (κ2) is 3.06. The number of carboxylic acids is 1. The SMILES string of the molecule is [CH2]C(CC(=O)O)C(N)=O. The highest BCUT2D eigenvalue weighted by molar-refractivity contribution is 5.82. The number of rotatable bonds is 3. The molecular weight excluding hydrogens is 122 g/mol. The first-order chi connectivity index (χ1) is 4.04. The van der Waals surface area contributed by atoms with Gasteiger partial charge in [0.25, 0.3) is 0 Å². The number of primary amides is 1. The average molecular weight is 130 g/mol. The van der Waals surface area contributed by atoms with Crippen LogP contribution in [-0.4, -0.2) is 17.0 Å². The Labute approximate surface area is 52.7 Å². The van der Waals surface area contributed by atoms with E-state index in [1.165, 1.54) is 0 Å². The van der Waals surface area contributed by atoms with Crippen LogP contribution in [0.15, 0.2) is 0 Å². The molecule has 4 nitrogen and oxygen atoms in total. The van der Waals surface area contributed by atoms with E-state index < -0.39 is 17.8 Å². The van der Waals surface area contributed by atoms with E-state index in [-0.39, 0.29) is 6.42 Å². The molecule has 9 heavy (non-hydrogen) atoms. The van der Waals surface area contributed by atoms with Crippen LogP contribution >= 0.6 is 0 Å². The van der Waals surface area contributed by atoms with Gasteiger partial charge < -0.3 is 10.8 Å². The Hall–Kier alpha value is -1.06. The van der Waals surface area contributed by atoms with Gasteiger partial charge in [-0.25, -0.2) is 0 Å². The predicted octanol–water partition coefficient (Wildman–Crippen LogP) is -0.603. The second-order valence-electron chi connectivity index (χ2n) is 1.70. The van der Waals surface area contributed by atoms with Crippen molar-refractivity contribution in [3.63, 3.8) is 0 Å². The van der Waals surface area contributed by atoms with Gasteiger partial charge in [-0.3, -0.25) is 9.59 Å². The molecule has 0 rings (SSSR count). The molecule has 0 fully saturated rings. The summed E-state index contributed by atoms with van der Waals surface area (Å²) >= 11 is 0. The van der Waals surface area contributed by atoms with E-state index >= 15 is 0 Å². The molecule has 0 heterocycles. The van der Waals surface area contributed by atoms with Crippen molar-refractivity contribution in [2.45, 2.75) is 6.42 Å². The van der Waals surface area contributed by atoms with Gasteiger partial charge in [-0.1, -0.05) is 0 Å². The quantitative estimate of drug-likeness (QED) is 0.535.